The van der Waals surface area contributed by atoms with Crippen molar-refractivity contribution in [2.24, 2.45) is 5.10 Å². The van der Waals surface area contributed by atoms with Gasteiger partial charge in [-0.15, -0.1) is 0 Å². The van der Waals surface area contributed by atoms with Crippen LogP contribution in [0.4, 0.5) is 4.39 Å². The van der Waals surface area contributed by atoms with Crippen molar-refractivity contribution in [3.63, 3.8) is 0 Å². The van der Waals surface area contributed by atoms with Crippen molar-refractivity contribution in [3.05, 3.63) is 72.0 Å². The first-order chi connectivity index (χ1) is 14.0. The molecule has 4 rings (SSSR count). The number of aryl methyl sites for hydroxylation is 1. The molecule has 6 nitrogen and oxygen atoms in total. The number of nitrogens with zero attached hydrogens (tertiary/aromatic N) is 5. The summed E-state index contributed by atoms with van der Waals surface area (Å²) < 4.78 is 15.6. The zero-order chi connectivity index (χ0) is 20.4. The van der Waals surface area contributed by atoms with E-state index in [-0.39, 0.29) is 17.8 Å². The highest BCUT2D eigenvalue weighted by atomic mass is 19.1. The molecule has 1 atom stereocenters. The second-order valence-electron chi connectivity index (χ2n) is 7.36. The van der Waals surface area contributed by atoms with Gasteiger partial charge in [0.2, 0.25) is 5.91 Å². The Labute approximate surface area is 168 Å². The lowest BCUT2D eigenvalue weighted by atomic mass is 10.0. The molecular weight excluding hydrogens is 369 g/mol. The molecule has 1 aromatic carbocycles. The van der Waals surface area contributed by atoms with E-state index in [9.17, 15) is 9.18 Å². The maximum atomic E-state index is 13.8. The van der Waals surface area contributed by atoms with Crippen LogP contribution in [-0.4, -0.2) is 31.9 Å². The minimum absolute atomic E-state index is 0.0957. The number of allylic oxidation sites excluding steroid dienone is 1. The highest BCUT2D eigenvalue weighted by Gasteiger charge is 2.28. The number of aromatic nitrogens is 3. The highest BCUT2D eigenvalue weighted by Crippen LogP contribution is 2.30. The fraction of sp³-hybridized carbons (Fsp3) is 0.273. The number of hydrogen-bond acceptors (Lipinski definition) is 4. The van der Waals surface area contributed by atoms with Crippen LogP contribution in [0.25, 0.3) is 10.9 Å². The van der Waals surface area contributed by atoms with Crippen molar-refractivity contribution in [2.45, 2.75) is 38.8 Å². The van der Waals surface area contributed by atoms with Crippen molar-refractivity contribution in [1.29, 1.82) is 0 Å². The lowest BCUT2D eigenvalue weighted by molar-refractivity contribution is -0.133. The molecule has 0 fully saturated rings. The van der Waals surface area contributed by atoms with Crippen LogP contribution in [-0.2, 0) is 11.3 Å². The summed E-state index contributed by atoms with van der Waals surface area (Å²) in [6.45, 7) is 6.46. The van der Waals surface area contributed by atoms with Gasteiger partial charge in [-0.1, -0.05) is 18.2 Å². The third-order valence-corrected chi connectivity index (χ3v) is 4.97. The van der Waals surface area contributed by atoms with Crippen LogP contribution in [0.5, 0.6) is 0 Å². The van der Waals surface area contributed by atoms with Gasteiger partial charge in [0.05, 0.1) is 18.8 Å². The standard InChI is InChI=1S/C22H22FN5O/c1-15(13-27-14-17-5-7-24-12-20(17)26-27)3-4-22(29)28-21(6-8-25-28)18-9-16(2)10-19(23)11-18/h5,7-12,14,21H,1,3-4,6,13H2,2H3. The molecule has 7 heteroatoms. The summed E-state index contributed by atoms with van der Waals surface area (Å²) >= 11 is 0. The van der Waals surface area contributed by atoms with Crippen molar-refractivity contribution in [3.8, 4) is 0 Å². The van der Waals surface area contributed by atoms with Crippen LogP contribution in [0.2, 0.25) is 0 Å². The average molecular weight is 391 g/mol. The molecule has 0 saturated heterocycles. The van der Waals surface area contributed by atoms with Crippen LogP contribution < -0.4 is 0 Å². The Morgan fingerprint density at radius 2 is 2.17 bits per heavy atom. The Hall–Kier alpha value is -3.35. The number of rotatable bonds is 6. The maximum absolute atomic E-state index is 13.8. The Bertz CT molecular complexity index is 1050. The van der Waals surface area contributed by atoms with Crippen LogP contribution in [0.3, 0.4) is 0 Å². The quantitative estimate of drug-likeness (QED) is 0.592. The van der Waals surface area contributed by atoms with Crippen LogP contribution >= 0.6 is 0 Å². The Morgan fingerprint density at radius 3 is 2.97 bits per heavy atom. The molecular formula is C22H22FN5O. The molecule has 0 aliphatic carbocycles. The van der Waals surface area contributed by atoms with Gasteiger partial charge >= 0.3 is 0 Å². The first-order valence-electron chi connectivity index (χ1n) is 9.55. The summed E-state index contributed by atoms with van der Waals surface area (Å²) in [7, 11) is 0. The number of pyridine rings is 1. The molecule has 1 amide bonds. The molecule has 0 radical (unpaired) electrons. The zero-order valence-electron chi connectivity index (χ0n) is 16.3. The number of benzene rings is 1. The van der Waals surface area contributed by atoms with Gasteiger partial charge in [0.15, 0.2) is 0 Å². The summed E-state index contributed by atoms with van der Waals surface area (Å²) in [4.78, 5) is 16.8. The number of amides is 1. The molecule has 1 unspecified atom stereocenters. The maximum Gasteiger partial charge on any atom is 0.243 e. The lowest BCUT2D eigenvalue weighted by Crippen LogP contribution is -2.27. The number of hydrazone groups is 1. The molecule has 29 heavy (non-hydrogen) atoms. The van der Waals surface area contributed by atoms with E-state index in [0.717, 1.165) is 27.6 Å². The largest absolute Gasteiger partial charge is 0.273 e. The van der Waals surface area contributed by atoms with Crippen LogP contribution in [0.1, 0.15) is 36.4 Å². The Balaban J connectivity index is 1.36. The molecule has 2 aromatic heterocycles. The van der Waals surface area contributed by atoms with Crippen molar-refractivity contribution in [2.75, 3.05) is 0 Å². The van der Waals surface area contributed by atoms with E-state index in [1.54, 1.807) is 18.6 Å². The summed E-state index contributed by atoms with van der Waals surface area (Å²) in [5.41, 5.74) is 3.33. The van der Waals surface area contributed by atoms with Gasteiger partial charge in [0, 0.05) is 36.8 Å². The van der Waals surface area contributed by atoms with E-state index in [1.165, 1.54) is 17.1 Å². The second kappa shape index (κ2) is 7.95. The van der Waals surface area contributed by atoms with Crippen molar-refractivity contribution >= 4 is 23.0 Å². The summed E-state index contributed by atoms with van der Waals surface area (Å²) in [6, 6.07) is 6.51. The van der Waals surface area contributed by atoms with Crippen molar-refractivity contribution in [1.82, 2.24) is 19.8 Å². The lowest BCUT2D eigenvalue weighted by Gasteiger charge is -2.23. The van der Waals surface area contributed by atoms with E-state index >= 15 is 0 Å². The summed E-state index contributed by atoms with van der Waals surface area (Å²) in [6.07, 6.45) is 8.52. The molecule has 1 aliphatic rings. The smallest absolute Gasteiger partial charge is 0.243 e. The number of fused-ring (bicyclic) bond motifs is 1. The Kier molecular flexibility index (Phi) is 5.20. The first-order valence-corrected chi connectivity index (χ1v) is 9.55. The zero-order valence-corrected chi connectivity index (χ0v) is 16.3. The van der Waals surface area contributed by atoms with Gasteiger partial charge in [-0.3, -0.25) is 14.5 Å². The predicted octanol–water partition coefficient (Wildman–Crippen LogP) is 4.17. The molecule has 0 bridgehead atoms. The van der Waals surface area contributed by atoms with Gasteiger partial charge in [-0.05, 0) is 42.7 Å². The molecule has 3 aromatic rings. The van der Waals surface area contributed by atoms with Gasteiger partial charge < -0.3 is 0 Å². The molecule has 0 spiro atoms. The molecule has 148 valence electrons. The fourth-order valence-corrected chi connectivity index (χ4v) is 3.59. The summed E-state index contributed by atoms with van der Waals surface area (Å²) in [5, 5.41) is 11.2. The average Bonchev–Trinajstić information content (AvgIpc) is 3.31. The first kappa shape index (κ1) is 19.0. The van der Waals surface area contributed by atoms with E-state index < -0.39 is 0 Å². The third kappa shape index (κ3) is 4.23. The van der Waals surface area contributed by atoms with Crippen LogP contribution in [0, 0.1) is 12.7 Å². The number of carbonyl (C=O) groups is 1. The number of halogens is 1. The second-order valence-corrected chi connectivity index (χ2v) is 7.36. The summed E-state index contributed by atoms with van der Waals surface area (Å²) in [5.74, 6) is -0.392. The minimum atomic E-state index is -0.297. The molecule has 1 aliphatic heterocycles. The number of carbonyl (C=O) groups excluding carboxylic acids is 1. The molecule has 0 saturated carbocycles. The van der Waals surface area contributed by atoms with E-state index in [4.69, 9.17) is 0 Å². The van der Waals surface area contributed by atoms with Crippen molar-refractivity contribution < 1.29 is 9.18 Å². The topological polar surface area (TPSA) is 63.4 Å². The van der Waals surface area contributed by atoms with Gasteiger partial charge in [-0.25, -0.2) is 9.40 Å². The molecule has 0 N–H and O–H groups in total. The van der Waals surface area contributed by atoms with E-state index in [2.05, 4.69) is 21.8 Å². The van der Waals surface area contributed by atoms with Gasteiger partial charge in [0.1, 0.15) is 11.3 Å². The number of hydrogen-bond donors (Lipinski definition) is 0. The Morgan fingerprint density at radius 1 is 1.31 bits per heavy atom. The normalized spacial score (nSPS) is 15.9. The van der Waals surface area contributed by atoms with E-state index in [1.807, 2.05) is 29.9 Å². The van der Waals surface area contributed by atoms with Gasteiger partial charge in [0.25, 0.3) is 0 Å². The van der Waals surface area contributed by atoms with E-state index in [0.29, 0.717) is 25.8 Å². The fourth-order valence-electron chi connectivity index (χ4n) is 3.59. The SMILES string of the molecule is C=C(CCC(=O)N1N=CCC1c1cc(C)cc(F)c1)Cn1cc2ccncc2n1. The third-order valence-electron chi connectivity index (χ3n) is 4.97. The van der Waals surface area contributed by atoms with Crippen LogP contribution in [0.15, 0.2) is 60.1 Å². The van der Waals surface area contributed by atoms with Gasteiger partial charge in [-0.2, -0.15) is 10.2 Å². The monoisotopic (exact) mass is 391 g/mol. The minimum Gasteiger partial charge on any atom is -0.273 e. The molecule has 3 heterocycles. The highest BCUT2D eigenvalue weighted by molar-refractivity contribution is 5.80. The predicted molar refractivity (Wildman–Crippen MR) is 110 cm³/mol.